The average molecular weight is 327 g/mol. The maximum atomic E-state index is 12.8. The summed E-state index contributed by atoms with van der Waals surface area (Å²) in [5.41, 5.74) is 1.23. The van der Waals surface area contributed by atoms with Crippen molar-refractivity contribution in [2.24, 2.45) is 11.8 Å². The molecule has 0 bridgehead atoms. The summed E-state index contributed by atoms with van der Waals surface area (Å²) in [7, 11) is 0. The Morgan fingerprint density at radius 1 is 1.29 bits per heavy atom. The lowest BCUT2D eigenvalue weighted by molar-refractivity contribution is 0.0773. The van der Waals surface area contributed by atoms with E-state index in [1.54, 1.807) is 0 Å². The van der Waals surface area contributed by atoms with E-state index in [9.17, 15) is 4.79 Å². The Morgan fingerprint density at radius 2 is 2.12 bits per heavy atom. The minimum Gasteiger partial charge on any atom is -0.364 e. The summed E-state index contributed by atoms with van der Waals surface area (Å²) >= 11 is 0. The molecule has 0 spiro atoms. The third kappa shape index (κ3) is 2.34. The van der Waals surface area contributed by atoms with Gasteiger partial charge >= 0.3 is 0 Å². The molecule has 3 heterocycles. The van der Waals surface area contributed by atoms with Crippen LogP contribution in [0.25, 0.3) is 0 Å². The van der Waals surface area contributed by atoms with Gasteiger partial charge in [0.2, 0.25) is 0 Å². The molecule has 5 rings (SSSR count). The number of rotatable bonds is 4. The number of likely N-dealkylation sites (tertiary alicyclic amines) is 1. The number of aromatic amines is 1. The first kappa shape index (κ1) is 14.2. The first-order valence-electron chi connectivity index (χ1n) is 8.83. The monoisotopic (exact) mass is 327 g/mol. The smallest absolute Gasteiger partial charge is 0.276 e. The van der Waals surface area contributed by atoms with E-state index in [1.165, 1.54) is 31.9 Å². The second-order valence-electron chi connectivity index (χ2n) is 7.52. The van der Waals surface area contributed by atoms with Crippen LogP contribution in [-0.2, 0) is 0 Å². The van der Waals surface area contributed by atoms with Crippen LogP contribution in [0.1, 0.15) is 65.2 Å². The highest BCUT2D eigenvalue weighted by atomic mass is 16.5. The Balaban J connectivity index is 1.39. The van der Waals surface area contributed by atoms with E-state index in [0.717, 1.165) is 23.8 Å². The molecule has 1 saturated heterocycles. The van der Waals surface area contributed by atoms with Crippen LogP contribution < -0.4 is 0 Å². The van der Waals surface area contributed by atoms with E-state index in [1.807, 2.05) is 11.8 Å². The van der Waals surface area contributed by atoms with Crippen LogP contribution in [0.3, 0.4) is 0 Å². The van der Waals surface area contributed by atoms with Gasteiger partial charge in [0.05, 0.1) is 0 Å². The van der Waals surface area contributed by atoms with E-state index in [0.29, 0.717) is 30.0 Å². The number of aromatic nitrogens is 4. The fourth-order valence-corrected chi connectivity index (χ4v) is 3.91. The lowest BCUT2D eigenvalue weighted by atomic mass is 9.91. The molecule has 0 aromatic carbocycles. The molecule has 2 aromatic heterocycles. The molecule has 7 nitrogen and oxygen atoms in total. The summed E-state index contributed by atoms with van der Waals surface area (Å²) in [5, 5.41) is 11.4. The standard InChI is InChI=1S/C17H21N5O2/c1-9-8-24-21-14(9)17(23)22-6-12(10-2-3-10)13(7-22)16-18-15(19-20-16)11-4-5-11/h8,10-13H,2-7H2,1H3,(H,18,19,20)/t12-,13+/m1/s1. The third-order valence-electron chi connectivity index (χ3n) is 5.64. The largest absolute Gasteiger partial charge is 0.364 e. The lowest BCUT2D eigenvalue weighted by Crippen LogP contribution is -2.30. The van der Waals surface area contributed by atoms with Crippen LogP contribution in [0, 0.1) is 18.8 Å². The van der Waals surface area contributed by atoms with Crippen LogP contribution in [0.15, 0.2) is 10.8 Å². The molecule has 1 amide bonds. The Hall–Kier alpha value is -2.18. The van der Waals surface area contributed by atoms with Crippen molar-refractivity contribution >= 4 is 5.91 Å². The van der Waals surface area contributed by atoms with Gasteiger partial charge in [0.15, 0.2) is 11.5 Å². The molecule has 0 radical (unpaired) electrons. The van der Waals surface area contributed by atoms with Crippen molar-refractivity contribution in [3.8, 4) is 0 Å². The summed E-state index contributed by atoms with van der Waals surface area (Å²) < 4.78 is 4.93. The predicted molar refractivity (Wildman–Crippen MR) is 84.5 cm³/mol. The van der Waals surface area contributed by atoms with E-state index in [-0.39, 0.29) is 11.8 Å². The Labute approximate surface area is 139 Å². The van der Waals surface area contributed by atoms with Gasteiger partial charge in [-0.25, -0.2) is 4.98 Å². The minimum absolute atomic E-state index is 0.0312. The van der Waals surface area contributed by atoms with Crippen LogP contribution in [0.4, 0.5) is 0 Å². The summed E-state index contributed by atoms with van der Waals surface area (Å²) in [4.78, 5) is 19.4. The molecule has 2 aromatic rings. The number of carbonyl (C=O) groups is 1. The van der Waals surface area contributed by atoms with Crippen molar-refractivity contribution in [3.05, 3.63) is 29.2 Å². The topological polar surface area (TPSA) is 87.9 Å². The second kappa shape index (κ2) is 5.16. The number of hydrogen-bond donors (Lipinski definition) is 1. The first-order chi connectivity index (χ1) is 11.7. The maximum Gasteiger partial charge on any atom is 0.276 e. The number of nitrogens with one attached hydrogen (secondary N) is 1. The maximum absolute atomic E-state index is 12.8. The second-order valence-corrected chi connectivity index (χ2v) is 7.52. The van der Waals surface area contributed by atoms with Crippen molar-refractivity contribution in [2.75, 3.05) is 13.1 Å². The fourth-order valence-electron chi connectivity index (χ4n) is 3.91. The molecule has 2 aliphatic carbocycles. The zero-order valence-corrected chi connectivity index (χ0v) is 13.7. The molecule has 1 aliphatic heterocycles. The van der Waals surface area contributed by atoms with Gasteiger partial charge in [0.1, 0.15) is 12.1 Å². The van der Waals surface area contributed by atoms with Crippen LogP contribution in [0.5, 0.6) is 0 Å². The summed E-state index contributed by atoms with van der Waals surface area (Å²) in [6, 6.07) is 0. The van der Waals surface area contributed by atoms with Crippen LogP contribution >= 0.6 is 0 Å². The number of carbonyl (C=O) groups excluding carboxylic acids is 1. The van der Waals surface area contributed by atoms with Crippen molar-refractivity contribution in [2.45, 2.75) is 44.4 Å². The van der Waals surface area contributed by atoms with Crippen LogP contribution in [0.2, 0.25) is 0 Å². The van der Waals surface area contributed by atoms with E-state index < -0.39 is 0 Å². The molecular formula is C17H21N5O2. The van der Waals surface area contributed by atoms with Crippen LogP contribution in [-0.4, -0.2) is 44.2 Å². The third-order valence-corrected chi connectivity index (χ3v) is 5.64. The zero-order chi connectivity index (χ0) is 16.3. The molecule has 2 atom stereocenters. The first-order valence-corrected chi connectivity index (χ1v) is 8.83. The van der Waals surface area contributed by atoms with Gasteiger partial charge in [0.25, 0.3) is 5.91 Å². The highest BCUT2D eigenvalue weighted by Gasteiger charge is 2.46. The molecule has 24 heavy (non-hydrogen) atoms. The summed E-state index contributed by atoms with van der Waals surface area (Å²) in [6.07, 6.45) is 6.44. The average Bonchev–Trinajstić information content (AvgIpc) is 3.48. The fraction of sp³-hybridized carbons (Fsp3) is 0.647. The van der Waals surface area contributed by atoms with Crippen molar-refractivity contribution < 1.29 is 9.32 Å². The molecule has 3 aliphatic rings. The summed E-state index contributed by atoms with van der Waals surface area (Å²) in [6.45, 7) is 3.32. The van der Waals surface area contributed by atoms with Crippen molar-refractivity contribution in [1.29, 1.82) is 0 Å². The SMILES string of the molecule is Cc1conc1C(=O)N1C[C@H](c2nc(C3CC3)n[nH]2)[C@@H](C2CC2)C1. The van der Waals surface area contributed by atoms with E-state index in [4.69, 9.17) is 9.51 Å². The van der Waals surface area contributed by atoms with Gasteiger partial charge in [-0.2, -0.15) is 5.10 Å². The highest BCUT2D eigenvalue weighted by Crippen LogP contribution is 2.47. The molecule has 0 unspecified atom stereocenters. The minimum atomic E-state index is -0.0312. The van der Waals surface area contributed by atoms with Gasteiger partial charge in [-0.3, -0.25) is 9.89 Å². The molecule has 7 heteroatoms. The number of nitrogens with zero attached hydrogens (tertiary/aromatic N) is 4. The number of H-pyrrole nitrogens is 1. The normalized spacial score (nSPS) is 27.0. The molecular weight excluding hydrogens is 306 g/mol. The lowest BCUT2D eigenvalue weighted by Gasteiger charge is -2.14. The van der Waals surface area contributed by atoms with Gasteiger partial charge in [-0.1, -0.05) is 5.16 Å². The Morgan fingerprint density at radius 3 is 2.79 bits per heavy atom. The van der Waals surface area contributed by atoms with Gasteiger partial charge in [-0.05, 0) is 44.4 Å². The van der Waals surface area contributed by atoms with Gasteiger partial charge < -0.3 is 9.42 Å². The van der Waals surface area contributed by atoms with Gasteiger partial charge in [-0.15, -0.1) is 0 Å². The molecule has 2 saturated carbocycles. The Kier molecular flexibility index (Phi) is 3.05. The zero-order valence-electron chi connectivity index (χ0n) is 13.7. The van der Waals surface area contributed by atoms with Crippen molar-refractivity contribution in [1.82, 2.24) is 25.2 Å². The number of hydrogen-bond acceptors (Lipinski definition) is 5. The summed E-state index contributed by atoms with van der Waals surface area (Å²) in [5.74, 6) is 3.87. The van der Waals surface area contributed by atoms with Crippen molar-refractivity contribution in [3.63, 3.8) is 0 Å². The molecule has 1 N–H and O–H groups in total. The quantitative estimate of drug-likeness (QED) is 0.930. The van der Waals surface area contributed by atoms with E-state index in [2.05, 4.69) is 15.4 Å². The molecule has 126 valence electrons. The predicted octanol–water partition coefficient (Wildman–Crippen LogP) is 2.24. The van der Waals surface area contributed by atoms with E-state index >= 15 is 0 Å². The highest BCUT2D eigenvalue weighted by molar-refractivity contribution is 5.93. The Bertz CT molecular complexity index is 774. The number of aryl methyl sites for hydroxylation is 1. The number of amides is 1. The molecule has 3 fully saturated rings. The van der Waals surface area contributed by atoms with Gasteiger partial charge in [0, 0.05) is 30.5 Å².